The number of hydrogen-bond donors (Lipinski definition) is 0. The molecule has 0 aromatic heterocycles. The van der Waals surface area contributed by atoms with E-state index in [1.54, 1.807) is 0 Å². The third kappa shape index (κ3) is 4.08. The number of thiocarbonyl (C=S) groups is 4. The number of hydrogen-bond acceptors (Lipinski definition) is 6. The second kappa shape index (κ2) is 8.69. The van der Waals surface area contributed by atoms with Crippen molar-refractivity contribution in [3.63, 3.8) is 0 Å². The second-order valence-corrected chi connectivity index (χ2v) is 10.2. The van der Waals surface area contributed by atoms with Crippen LogP contribution in [0.4, 0.5) is 0 Å². The molecule has 140 valence electrons. The quantitative estimate of drug-likeness (QED) is 0.393. The highest BCUT2D eigenvalue weighted by molar-refractivity contribution is 8.30. The summed E-state index contributed by atoms with van der Waals surface area (Å²) >= 11 is 25.7. The first kappa shape index (κ1) is 20.1. The Kier molecular flexibility index (Phi) is 6.24. The normalized spacial score (nSPS) is 19.9. The summed E-state index contributed by atoms with van der Waals surface area (Å²) in [7, 11) is 0. The molecule has 2 aromatic carbocycles. The third-order valence-electron chi connectivity index (χ3n) is 4.27. The number of rotatable bonds is 4. The summed E-state index contributed by atoms with van der Waals surface area (Å²) in [5, 5.41) is 0. The largest absolute Gasteiger partial charge is 0.313 e. The van der Waals surface area contributed by atoms with Gasteiger partial charge in [0.2, 0.25) is 0 Å². The first-order valence-corrected chi connectivity index (χ1v) is 11.7. The van der Waals surface area contributed by atoms with E-state index in [9.17, 15) is 0 Å². The van der Waals surface area contributed by atoms with E-state index in [-0.39, 0.29) is 0 Å². The molecular formula is C20H14N2S6. The summed E-state index contributed by atoms with van der Waals surface area (Å²) in [6.45, 7) is 1.33. The van der Waals surface area contributed by atoms with E-state index >= 15 is 0 Å². The van der Waals surface area contributed by atoms with Crippen LogP contribution in [0.1, 0.15) is 11.1 Å². The molecule has 0 saturated carbocycles. The van der Waals surface area contributed by atoms with Crippen molar-refractivity contribution < 1.29 is 0 Å². The lowest BCUT2D eigenvalue weighted by Crippen LogP contribution is -2.27. The number of benzene rings is 2. The maximum absolute atomic E-state index is 5.76. The first-order chi connectivity index (χ1) is 13.5. The Bertz CT molecular complexity index is 918. The van der Waals surface area contributed by atoms with E-state index in [0.29, 0.717) is 13.1 Å². The summed E-state index contributed by atoms with van der Waals surface area (Å²) < 4.78 is 1.51. The Balaban J connectivity index is 1.57. The van der Waals surface area contributed by atoms with E-state index in [1.165, 1.54) is 34.7 Å². The van der Waals surface area contributed by atoms with Crippen molar-refractivity contribution in [2.45, 2.75) is 13.1 Å². The second-order valence-electron chi connectivity index (χ2n) is 6.15. The van der Waals surface area contributed by atoms with Crippen LogP contribution in [-0.4, -0.2) is 28.4 Å². The van der Waals surface area contributed by atoms with Crippen molar-refractivity contribution >= 4 is 91.0 Å². The van der Waals surface area contributed by atoms with Gasteiger partial charge in [0.1, 0.15) is 18.6 Å². The monoisotopic (exact) mass is 474 g/mol. The number of nitrogens with zero attached hydrogens (tertiary/aromatic N) is 2. The summed E-state index contributed by atoms with van der Waals surface area (Å²) in [5.41, 5.74) is 2.34. The van der Waals surface area contributed by atoms with Gasteiger partial charge in [0, 0.05) is 0 Å². The van der Waals surface area contributed by atoms with E-state index in [2.05, 4.69) is 24.3 Å². The molecule has 2 nitrogen and oxygen atoms in total. The van der Waals surface area contributed by atoms with Gasteiger partial charge in [-0.1, -0.05) is 133 Å². The van der Waals surface area contributed by atoms with E-state index in [0.717, 1.165) is 28.4 Å². The lowest BCUT2D eigenvalue weighted by atomic mass is 10.2. The Hall–Kier alpha value is -1.16. The van der Waals surface area contributed by atoms with Gasteiger partial charge in [0.05, 0.1) is 22.9 Å². The zero-order valence-electron chi connectivity index (χ0n) is 14.5. The predicted molar refractivity (Wildman–Crippen MR) is 137 cm³/mol. The van der Waals surface area contributed by atoms with Crippen molar-refractivity contribution in [1.82, 2.24) is 9.80 Å². The highest BCUT2D eigenvalue weighted by Gasteiger charge is 2.38. The standard InChI is InChI=1S/C20H14N2S6/c23-17-15(27-19(25)21(17)11-13-7-3-1-4-8-13)16-18(24)22(20(26)28-16)12-14-9-5-2-6-10-14/h1-10H,11-12H2/b16-15+. The Morgan fingerprint density at radius 3 is 1.29 bits per heavy atom. The van der Waals surface area contributed by atoms with Crippen LogP contribution in [-0.2, 0) is 13.1 Å². The van der Waals surface area contributed by atoms with Crippen LogP contribution in [0.2, 0.25) is 0 Å². The molecule has 2 aliphatic heterocycles. The molecule has 28 heavy (non-hydrogen) atoms. The zero-order valence-corrected chi connectivity index (χ0v) is 19.4. The van der Waals surface area contributed by atoms with E-state index in [4.69, 9.17) is 48.9 Å². The maximum atomic E-state index is 5.76. The van der Waals surface area contributed by atoms with Gasteiger partial charge in [0.15, 0.2) is 0 Å². The van der Waals surface area contributed by atoms with Crippen LogP contribution in [0.3, 0.4) is 0 Å². The molecule has 2 aliphatic rings. The van der Waals surface area contributed by atoms with E-state index in [1.807, 2.05) is 46.2 Å². The van der Waals surface area contributed by atoms with Crippen LogP contribution < -0.4 is 0 Å². The average Bonchev–Trinajstić information content (AvgIpc) is 3.14. The molecule has 2 saturated heterocycles. The minimum atomic E-state index is 0.665. The summed E-state index contributed by atoms with van der Waals surface area (Å²) in [5.74, 6) is 0. The topological polar surface area (TPSA) is 6.48 Å². The Labute approximate surface area is 194 Å². The number of thioether (sulfide) groups is 2. The summed E-state index contributed by atoms with van der Waals surface area (Å²) in [6, 6.07) is 20.4. The maximum Gasteiger partial charge on any atom is 0.146 e. The fourth-order valence-corrected chi connectivity index (χ4v) is 6.72. The molecule has 0 spiro atoms. The van der Waals surface area contributed by atoms with Crippen molar-refractivity contribution in [2.24, 2.45) is 0 Å². The minimum Gasteiger partial charge on any atom is -0.313 e. The zero-order chi connectivity index (χ0) is 19.7. The van der Waals surface area contributed by atoms with Gasteiger partial charge in [-0.2, -0.15) is 0 Å². The van der Waals surface area contributed by atoms with Gasteiger partial charge in [0.25, 0.3) is 0 Å². The lowest BCUT2D eigenvalue weighted by Gasteiger charge is -2.17. The molecule has 2 heterocycles. The first-order valence-electron chi connectivity index (χ1n) is 8.44. The molecule has 4 rings (SSSR count). The van der Waals surface area contributed by atoms with Crippen molar-refractivity contribution in [2.75, 3.05) is 0 Å². The van der Waals surface area contributed by atoms with Crippen LogP contribution >= 0.6 is 72.4 Å². The van der Waals surface area contributed by atoms with Gasteiger partial charge in [-0.15, -0.1) is 0 Å². The van der Waals surface area contributed by atoms with Crippen molar-refractivity contribution in [3.8, 4) is 0 Å². The van der Waals surface area contributed by atoms with Crippen molar-refractivity contribution in [3.05, 3.63) is 81.6 Å². The SMILES string of the molecule is S=C1S/C(=C2/SC(=S)N(Cc3ccccc3)C2=S)C(=S)N1Cc1ccccc1. The fraction of sp³-hybridized carbons (Fsp3) is 0.100. The van der Waals surface area contributed by atoms with Crippen LogP contribution in [0, 0.1) is 0 Å². The molecule has 0 atom stereocenters. The van der Waals surface area contributed by atoms with Gasteiger partial charge < -0.3 is 9.80 Å². The molecule has 0 radical (unpaired) electrons. The highest BCUT2D eigenvalue weighted by atomic mass is 32.2. The fourth-order valence-electron chi connectivity index (χ4n) is 2.87. The van der Waals surface area contributed by atoms with Gasteiger partial charge >= 0.3 is 0 Å². The summed E-state index contributed by atoms with van der Waals surface area (Å²) in [4.78, 5) is 7.35. The molecule has 0 N–H and O–H groups in total. The molecule has 2 fully saturated rings. The minimum absolute atomic E-state index is 0.665. The molecule has 8 heteroatoms. The third-order valence-corrected chi connectivity index (χ3v) is 8.44. The molecule has 0 unspecified atom stereocenters. The molecular weight excluding hydrogens is 461 g/mol. The smallest absolute Gasteiger partial charge is 0.146 e. The summed E-state index contributed by atoms with van der Waals surface area (Å²) in [6.07, 6.45) is 0. The molecule has 0 bridgehead atoms. The predicted octanol–water partition coefficient (Wildman–Crippen LogP) is 5.92. The van der Waals surface area contributed by atoms with Gasteiger partial charge in [-0.3, -0.25) is 0 Å². The van der Waals surface area contributed by atoms with Crippen LogP contribution in [0.5, 0.6) is 0 Å². The van der Waals surface area contributed by atoms with Gasteiger partial charge in [-0.05, 0) is 11.1 Å². The lowest BCUT2D eigenvalue weighted by molar-refractivity contribution is 0.639. The molecule has 2 aromatic rings. The van der Waals surface area contributed by atoms with Crippen LogP contribution in [0.15, 0.2) is 70.5 Å². The Morgan fingerprint density at radius 1 is 0.571 bits per heavy atom. The van der Waals surface area contributed by atoms with Crippen molar-refractivity contribution in [1.29, 1.82) is 0 Å². The highest BCUT2D eigenvalue weighted by Crippen LogP contribution is 2.44. The van der Waals surface area contributed by atoms with E-state index < -0.39 is 0 Å². The van der Waals surface area contributed by atoms with Gasteiger partial charge in [-0.25, -0.2) is 0 Å². The average molecular weight is 475 g/mol. The van der Waals surface area contributed by atoms with Crippen LogP contribution in [0.25, 0.3) is 0 Å². The molecule has 0 aliphatic carbocycles. The molecule has 0 amide bonds. The Morgan fingerprint density at radius 2 is 0.929 bits per heavy atom.